The van der Waals surface area contributed by atoms with Crippen LogP contribution in [0.5, 0.6) is 0 Å². The van der Waals surface area contributed by atoms with Crippen LogP contribution in [0.1, 0.15) is 35.6 Å². The van der Waals surface area contributed by atoms with Crippen molar-refractivity contribution in [1.29, 1.82) is 0 Å². The minimum atomic E-state index is -1.28. The monoisotopic (exact) mass is 357 g/mol. The summed E-state index contributed by atoms with van der Waals surface area (Å²) in [6.45, 7) is 1.75. The molecule has 1 unspecified atom stereocenters. The molecule has 0 bridgehead atoms. The van der Waals surface area contributed by atoms with E-state index in [-0.39, 0.29) is 18.2 Å². The molecule has 1 amide bonds. The van der Waals surface area contributed by atoms with E-state index in [2.05, 4.69) is 0 Å². The van der Waals surface area contributed by atoms with Crippen LogP contribution in [0.4, 0.5) is 9.18 Å². The first-order chi connectivity index (χ1) is 12.5. The first-order valence-corrected chi connectivity index (χ1v) is 8.45. The Morgan fingerprint density at radius 2 is 1.92 bits per heavy atom. The summed E-state index contributed by atoms with van der Waals surface area (Å²) in [6, 6.07) is 11.6. The third kappa shape index (κ3) is 4.02. The molecule has 1 aliphatic rings. The molecule has 1 fully saturated rings. The number of amides is 1. The first-order valence-electron chi connectivity index (χ1n) is 8.45. The molecule has 3 rings (SSSR count). The third-order valence-electron chi connectivity index (χ3n) is 4.40. The zero-order valence-electron chi connectivity index (χ0n) is 14.4. The van der Waals surface area contributed by atoms with Gasteiger partial charge >= 0.3 is 12.1 Å². The Hall–Kier alpha value is -2.89. The molecule has 2 aromatic rings. The lowest BCUT2D eigenvalue weighted by molar-refractivity contribution is -0.143. The normalized spacial score (nSPS) is 14.5. The number of carboxylic acid groups (broad SMARTS) is 1. The van der Waals surface area contributed by atoms with E-state index in [9.17, 15) is 19.1 Å². The molecular formula is C20H20FNO4. The van der Waals surface area contributed by atoms with Crippen LogP contribution in [-0.2, 0) is 16.1 Å². The van der Waals surface area contributed by atoms with E-state index in [1.54, 1.807) is 6.92 Å². The van der Waals surface area contributed by atoms with Crippen molar-refractivity contribution < 1.29 is 23.8 Å². The van der Waals surface area contributed by atoms with Crippen molar-refractivity contribution >= 4 is 12.1 Å². The van der Waals surface area contributed by atoms with Crippen LogP contribution in [0.25, 0.3) is 0 Å². The molecule has 2 aromatic carbocycles. The van der Waals surface area contributed by atoms with Gasteiger partial charge in [-0.25, -0.2) is 14.0 Å². The number of ether oxygens (including phenoxy) is 1. The van der Waals surface area contributed by atoms with Gasteiger partial charge in [-0.3, -0.25) is 4.90 Å². The summed E-state index contributed by atoms with van der Waals surface area (Å²) in [5, 5.41) is 9.75. The topological polar surface area (TPSA) is 66.8 Å². The molecule has 136 valence electrons. The molecule has 0 heterocycles. The van der Waals surface area contributed by atoms with Gasteiger partial charge in [0.2, 0.25) is 0 Å². The Morgan fingerprint density at radius 3 is 2.54 bits per heavy atom. The lowest BCUT2D eigenvalue weighted by Gasteiger charge is -2.29. The zero-order valence-corrected chi connectivity index (χ0v) is 14.4. The van der Waals surface area contributed by atoms with Gasteiger partial charge in [-0.2, -0.15) is 0 Å². The van der Waals surface area contributed by atoms with Gasteiger partial charge in [-0.05, 0) is 48.6 Å². The number of nitrogens with zero attached hydrogens (tertiary/aromatic N) is 1. The number of aryl methyl sites for hydroxylation is 1. The third-order valence-corrected chi connectivity index (χ3v) is 4.40. The summed E-state index contributed by atoms with van der Waals surface area (Å²) in [4.78, 5) is 25.8. The highest BCUT2D eigenvalue weighted by molar-refractivity contribution is 5.82. The second kappa shape index (κ2) is 7.56. The number of hydrogen-bond acceptors (Lipinski definition) is 3. The van der Waals surface area contributed by atoms with E-state index < -0.39 is 23.9 Å². The number of aliphatic carboxylic acids is 1. The maximum atomic E-state index is 13.7. The highest BCUT2D eigenvalue weighted by Crippen LogP contribution is 2.36. The Labute approximate surface area is 151 Å². The lowest BCUT2D eigenvalue weighted by Crippen LogP contribution is -2.41. The molecule has 0 radical (unpaired) electrons. The van der Waals surface area contributed by atoms with Gasteiger partial charge in [0, 0.05) is 6.04 Å². The summed E-state index contributed by atoms with van der Waals surface area (Å²) in [7, 11) is 0. The van der Waals surface area contributed by atoms with Crippen LogP contribution in [0.15, 0.2) is 48.5 Å². The van der Waals surface area contributed by atoms with Gasteiger partial charge in [0.15, 0.2) is 6.04 Å². The van der Waals surface area contributed by atoms with E-state index in [1.165, 1.54) is 23.1 Å². The molecule has 1 N–H and O–H groups in total. The Morgan fingerprint density at radius 1 is 1.23 bits per heavy atom. The van der Waals surface area contributed by atoms with E-state index in [0.29, 0.717) is 18.4 Å². The highest BCUT2D eigenvalue weighted by atomic mass is 19.1. The predicted molar refractivity (Wildman–Crippen MR) is 93.0 cm³/mol. The van der Waals surface area contributed by atoms with Gasteiger partial charge in [-0.15, -0.1) is 0 Å². The molecule has 0 aromatic heterocycles. The number of hydrogen-bond donors (Lipinski definition) is 1. The number of rotatable bonds is 6. The minimum Gasteiger partial charge on any atom is -0.479 e. The van der Waals surface area contributed by atoms with E-state index in [0.717, 1.165) is 5.56 Å². The summed E-state index contributed by atoms with van der Waals surface area (Å²) >= 11 is 0. The largest absolute Gasteiger partial charge is 0.479 e. The Balaban J connectivity index is 1.85. The molecule has 1 saturated carbocycles. The zero-order chi connectivity index (χ0) is 18.7. The second-order valence-electron chi connectivity index (χ2n) is 6.42. The van der Waals surface area contributed by atoms with Crippen molar-refractivity contribution in [2.24, 2.45) is 0 Å². The maximum Gasteiger partial charge on any atom is 0.411 e. The van der Waals surface area contributed by atoms with Gasteiger partial charge in [0.1, 0.15) is 12.4 Å². The van der Waals surface area contributed by atoms with Crippen LogP contribution >= 0.6 is 0 Å². The van der Waals surface area contributed by atoms with E-state index in [4.69, 9.17) is 4.74 Å². The summed E-state index contributed by atoms with van der Waals surface area (Å²) in [5.74, 6) is -1.74. The smallest absolute Gasteiger partial charge is 0.411 e. The average molecular weight is 357 g/mol. The predicted octanol–water partition coefficient (Wildman–Crippen LogP) is 4.06. The lowest BCUT2D eigenvalue weighted by atomic mass is 9.99. The molecule has 1 atom stereocenters. The number of carbonyl (C=O) groups is 2. The van der Waals surface area contributed by atoms with Crippen molar-refractivity contribution in [3.63, 3.8) is 0 Å². The second-order valence-corrected chi connectivity index (χ2v) is 6.42. The summed E-state index contributed by atoms with van der Waals surface area (Å²) in [5.41, 5.74) is 1.69. The van der Waals surface area contributed by atoms with Crippen LogP contribution in [-0.4, -0.2) is 28.1 Å². The minimum absolute atomic E-state index is 0.0529. The number of carbonyl (C=O) groups excluding carboxylic acids is 1. The van der Waals surface area contributed by atoms with Gasteiger partial charge < -0.3 is 9.84 Å². The maximum absolute atomic E-state index is 13.7. The highest BCUT2D eigenvalue weighted by Gasteiger charge is 2.43. The number of benzene rings is 2. The van der Waals surface area contributed by atoms with Gasteiger partial charge in [-0.1, -0.05) is 36.4 Å². The fourth-order valence-electron chi connectivity index (χ4n) is 2.92. The Kier molecular flexibility index (Phi) is 5.21. The van der Waals surface area contributed by atoms with Crippen LogP contribution in [0.2, 0.25) is 0 Å². The van der Waals surface area contributed by atoms with E-state index in [1.807, 2.05) is 30.3 Å². The number of halogens is 1. The molecule has 0 aliphatic heterocycles. The summed E-state index contributed by atoms with van der Waals surface area (Å²) in [6.07, 6.45) is 0.712. The quantitative estimate of drug-likeness (QED) is 0.847. The van der Waals surface area contributed by atoms with Crippen molar-refractivity contribution in [3.05, 3.63) is 71.0 Å². The Bertz CT molecular complexity index is 805. The first kappa shape index (κ1) is 17.9. The summed E-state index contributed by atoms with van der Waals surface area (Å²) < 4.78 is 19.0. The van der Waals surface area contributed by atoms with E-state index >= 15 is 0 Å². The molecule has 5 nitrogen and oxygen atoms in total. The number of carboxylic acids is 1. The SMILES string of the molecule is Cc1ccc(F)cc1C(C(=O)O)N(C(=O)OCc1ccccc1)C1CC1. The van der Waals surface area contributed by atoms with Crippen LogP contribution < -0.4 is 0 Å². The fourth-order valence-corrected chi connectivity index (χ4v) is 2.92. The average Bonchev–Trinajstić information content (AvgIpc) is 3.45. The van der Waals surface area contributed by atoms with Crippen LogP contribution in [0.3, 0.4) is 0 Å². The van der Waals surface area contributed by atoms with Crippen LogP contribution in [0, 0.1) is 12.7 Å². The van der Waals surface area contributed by atoms with Gasteiger partial charge in [0.25, 0.3) is 0 Å². The van der Waals surface area contributed by atoms with Gasteiger partial charge in [0.05, 0.1) is 0 Å². The fraction of sp³-hybridized carbons (Fsp3) is 0.300. The molecule has 0 saturated heterocycles. The van der Waals surface area contributed by atoms with Crippen molar-refractivity contribution in [2.75, 3.05) is 0 Å². The molecule has 26 heavy (non-hydrogen) atoms. The molecule has 1 aliphatic carbocycles. The van der Waals surface area contributed by atoms with Crippen molar-refractivity contribution in [3.8, 4) is 0 Å². The standard InChI is InChI=1S/C20H20FNO4/c1-13-7-8-15(21)11-17(13)18(19(23)24)22(16-9-10-16)20(25)26-12-14-5-3-2-4-6-14/h2-8,11,16,18H,9-10,12H2,1H3,(H,23,24). The molecule has 0 spiro atoms. The van der Waals surface area contributed by atoms with Crippen molar-refractivity contribution in [1.82, 2.24) is 4.90 Å². The molecule has 6 heteroatoms. The van der Waals surface area contributed by atoms with Crippen molar-refractivity contribution in [2.45, 2.75) is 38.5 Å². The molecular weight excluding hydrogens is 337 g/mol.